The summed E-state index contributed by atoms with van der Waals surface area (Å²) < 4.78 is 6.12. The summed E-state index contributed by atoms with van der Waals surface area (Å²) in [4.78, 5) is 36.0. The quantitative estimate of drug-likeness (QED) is 0.482. The highest BCUT2D eigenvalue weighted by Crippen LogP contribution is 2.11. The molecule has 0 unspecified atom stereocenters. The van der Waals surface area contributed by atoms with Crippen LogP contribution in [0.1, 0.15) is 15.9 Å². The minimum absolute atomic E-state index is 0.201. The molecule has 0 aliphatic rings. The molecule has 0 aliphatic heterocycles. The first-order valence-electron chi connectivity index (χ1n) is 7.91. The summed E-state index contributed by atoms with van der Waals surface area (Å²) in [5.74, 6) is -0.912. The minimum Gasteiger partial charge on any atom is -0.463 e. The maximum Gasteiger partial charge on any atom is 0.259 e. The summed E-state index contributed by atoms with van der Waals surface area (Å²) >= 11 is 3.28. The van der Waals surface area contributed by atoms with Gasteiger partial charge in [-0.05, 0) is 30.3 Å². The van der Waals surface area contributed by atoms with E-state index in [1.54, 1.807) is 48.5 Å². The SMILES string of the molecule is O=C(CNC(=O)c1cccc(Br)c1)N/N=C/c1coc2ccccc2c1=O. The Kier molecular flexibility index (Phi) is 5.77. The van der Waals surface area contributed by atoms with Crippen molar-refractivity contribution >= 4 is 44.9 Å². The van der Waals surface area contributed by atoms with Gasteiger partial charge in [0.1, 0.15) is 11.8 Å². The monoisotopic (exact) mass is 427 g/mol. The van der Waals surface area contributed by atoms with Crippen LogP contribution in [-0.2, 0) is 4.79 Å². The summed E-state index contributed by atoms with van der Waals surface area (Å²) in [6, 6.07) is 13.6. The third-order valence-corrected chi connectivity index (χ3v) is 4.09. The average Bonchev–Trinajstić information content (AvgIpc) is 2.68. The van der Waals surface area contributed by atoms with Crippen molar-refractivity contribution in [3.63, 3.8) is 0 Å². The lowest BCUT2D eigenvalue weighted by Gasteiger charge is -2.04. The Hall–Kier alpha value is -3.26. The number of rotatable bonds is 5. The summed E-state index contributed by atoms with van der Waals surface area (Å²) in [5, 5.41) is 6.64. The van der Waals surface area contributed by atoms with Crippen LogP contribution in [0.3, 0.4) is 0 Å². The lowest BCUT2D eigenvalue weighted by atomic mass is 10.2. The number of nitrogens with one attached hydrogen (secondary N) is 2. The van der Waals surface area contributed by atoms with Gasteiger partial charge in [0.15, 0.2) is 0 Å². The molecule has 0 spiro atoms. The molecular weight excluding hydrogens is 414 g/mol. The first-order chi connectivity index (χ1) is 13.0. The molecule has 0 saturated heterocycles. The van der Waals surface area contributed by atoms with Crippen molar-refractivity contribution in [1.29, 1.82) is 0 Å². The summed E-state index contributed by atoms with van der Waals surface area (Å²) in [7, 11) is 0. The predicted octanol–water partition coefficient (Wildman–Crippen LogP) is 2.44. The number of halogens is 1. The van der Waals surface area contributed by atoms with Crippen LogP contribution >= 0.6 is 15.9 Å². The fourth-order valence-electron chi connectivity index (χ4n) is 2.29. The number of hydrazone groups is 1. The molecule has 8 heteroatoms. The molecule has 136 valence electrons. The largest absolute Gasteiger partial charge is 0.463 e. The second-order valence-electron chi connectivity index (χ2n) is 5.50. The van der Waals surface area contributed by atoms with E-state index in [1.165, 1.54) is 12.5 Å². The van der Waals surface area contributed by atoms with Crippen LogP contribution in [0.4, 0.5) is 0 Å². The normalized spacial score (nSPS) is 10.9. The zero-order valence-electron chi connectivity index (χ0n) is 13.9. The highest BCUT2D eigenvalue weighted by molar-refractivity contribution is 9.10. The van der Waals surface area contributed by atoms with Crippen LogP contribution in [-0.4, -0.2) is 24.6 Å². The van der Waals surface area contributed by atoms with E-state index in [0.717, 1.165) is 4.47 Å². The smallest absolute Gasteiger partial charge is 0.259 e. The highest BCUT2D eigenvalue weighted by atomic mass is 79.9. The number of amides is 2. The number of carbonyl (C=O) groups is 2. The fraction of sp³-hybridized carbons (Fsp3) is 0.0526. The molecule has 27 heavy (non-hydrogen) atoms. The summed E-state index contributed by atoms with van der Waals surface area (Å²) in [6.07, 6.45) is 2.47. The topological polar surface area (TPSA) is 101 Å². The van der Waals surface area contributed by atoms with Crippen molar-refractivity contribution in [2.45, 2.75) is 0 Å². The lowest BCUT2D eigenvalue weighted by molar-refractivity contribution is -0.120. The van der Waals surface area contributed by atoms with E-state index in [2.05, 4.69) is 31.8 Å². The molecule has 0 saturated carbocycles. The third kappa shape index (κ3) is 4.68. The van der Waals surface area contributed by atoms with Gasteiger partial charge in [0.05, 0.1) is 23.7 Å². The second-order valence-corrected chi connectivity index (χ2v) is 6.42. The molecule has 0 fully saturated rings. The van der Waals surface area contributed by atoms with Gasteiger partial charge in [-0.15, -0.1) is 0 Å². The van der Waals surface area contributed by atoms with Crippen molar-refractivity contribution in [3.8, 4) is 0 Å². The van der Waals surface area contributed by atoms with Crippen molar-refractivity contribution in [2.24, 2.45) is 5.10 Å². The third-order valence-electron chi connectivity index (χ3n) is 3.60. The minimum atomic E-state index is -0.528. The van der Waals surface area contributed by atoms with E-state index >= 15 is 0 Å². The molecule has 0 aliphatic carbocycles. The van der Waals surface area contributed by atoms with Crippen molar-refractivity contribution in [3.05, 3.63) is 80.6 Å². The van der Waals surface area contributed by atoms with Crippen LogP contribution in [0.5, 0.6) is 0 Å². The molecule has 2 N–H and O–H groups in total. The van der Waals surface area contributed by atoms with Crippen molar-refractivity contribution < 1.29 is 14.0 Å². The Morgan fingerprint density at radius 2 is 1.96 bits per heavy atom. The molecule has 0 atom stereocenters. The van der Waals surface area contributed by atoms with Crippen LogP contribution in [0.25, 0.3) is 11.0 Å². The van der Waals surface area contributed by atoms with Gasteiger partial charge in [-0.2, -0.15) is 5.10 Å². The van der Waals surface area contributed by atoms with Gasteiger partial charge in [0.2, 0.25) is 5.43 Å². The van der Waals surface area contributed by atoms with E-state index in [1.807, 2.05) is 0 Å². The molecule has 3 rings (SSSR count). The Morgan fingerprint density at radius 3 is 2.78 bits per heavy atom. The average molecular weight is 428 g/mol. The maximum absolute atomic E-state index is 12.3. The Labute approximate surface area is 162 Å². The number of carbonyl (C=O) groups excluding carboxylic acids is 2. The van der Waals surface area contributed by atoms with Gasteiger partial charge in [0, 0.05) is 10.0 Å². The maximum atomic E-state index is 12.3. The van der Waals surface area contributed by atoms with Gasteiger partial charge >= 0.3 is 0 Å². The van der Waals surface area contributed by atoms with Gasteiger partial charge in [-0.25, -0.2) is 5.43 Å². The summed E-state index contributed by atoms with van der Waals surface area (Å²) in [6.45, 7) is -0.255. The van der Waals surface area contributed by atoms with Gasteiger partial charge < -0.3 is 9.73 Å². The van der Waals surface area contributed by atoms with Crippen LogP contribution in [0.15, 0.2) is 73.6 Å². The van der Waals surface area contributed by atoms with Crippen LogP contribution in [0.2, 0.25) is 0 Å². The van der Waals surface area contributed by atoms with Crippen molar-refractivity contribution in [1.82, 2.24) is 10.7 Å². The molecule has 3 aromatic rings. The number of hydrogen-bond donors (Lipinski definition) is 2. The van der Waals surface area contributed by atoms with Gasteiger partial charge in [-0.1, -0.05) is 34.1 Å². The predicted molar refractivity (Wildman–Crippen MR) is 105 cm³/mol. The van der Waals surface area contributed by atoms with Crippen LogP contribution in [0, 0.1) is 0 Å². The van der Waals surface area contributed by atoms with E-state index in [4.69, 9.17) is 4.42 Å². The standard InChI is InChI=1S/C19H14BrN3O4/c20-14-5-3-4-12(8-14)19(26)21-10-17(24)23-22-9-13-11-27-16-7-2-1-6-15(16)18(13)25/h1-9,11H,10H2,(H,21,26)(H,23,24)/b22-9+. The summed E-state index contributed by atoms with van der Waals surface area (Å²) in [5.41, 5.74) is 3.10. The highest BCUT2D eigenvalue weighted by Gasteiger charge is 2.08. The zero-order chi connectivity index (χ0) is 19.2. The van der Waals surface area contributed by atoms with Gasteiger partial charge in [-0.3, -0.25) is 14.4 Å². The Morgan fingerprint density at radius 1 is 1.15 bits per heavy atom. The molecule has 2 amide bonds. The number of hydrogen-bond acceptors (Lipinski definition) is 5. The van der Waals surface area contributed by atoms with E-state index in [-0.39, 0.29) is 23.4 Å². The zero-order valence-corrected chi connectivity index (χ0v) is 15.5. The van der Waals surface area contributed by atoms with Gasteiger partial charge in [0.25, 0.3) is 11.8 Å². The number of nitrogens with zero attached hydrogens (tertiary/aromatic N) is 1. The van der Waals surface area contributed by atoms with E-state index in [0.29, 0.717) is 16.5 Å². The molecule has 0 radical (unpaired) electrons. The fourth-order valence-corrected chi connectivity index (χ4v) is 2.69. The molecular formula is C19H14BrN3O4. The second kappa shape index (κ2) is 8.41. The molecule has 7 nitrogen and oxygen atoms in total. The van der Waals surface area contributed by atoms with Crippen molar-refractivity contribution in [2.75, 3.05) is 6.54 Å². The molecule has 0 bridgehead atoms. The number of para-hydroxylation sites is 1. The molecule has 2 aromatic carbocycles. The van der Waals surface area contributed by atoms with Crippen LogP contribution < -0.4 is 16.2 Å². The lowest BCUT2D eigenvalue weighted by Crippen LogP contribution is -2.35. The van der Waals surface area contributed by atoms with E-state index in [9.17, 15) is 14.4 Å². The Bertz CT molecular complexity index is 1090. The Balaban J connectivity index is 1.57. The number of benzene rings is 2. The van der Waals surface area contributed by atoms with E-state index < -0.39 is 5.91 Å². The molecule has 1 aromatic heterocycles. The molecule has 1 heterocycles. The number of fused-ring (bicyclic) bond motifs is 1. The first kappa shape index (κ1) is 18.5. The first-order valence-corrected chi connectivity index (χ1v) is 8.70.